The van der Waals surface area contributed by atoms with Crippen LogP contribution in [0.2, 0.25) is 0 Å². The lowest BCUT2D eigenvalue weighted by Gasteiger charge is -2.59. The van der Waals surface area contributed by atoms with E-state index in [1.165, 1.54) is 44.9 Å². The maximum atomic E-state index is 13.0. The number of allylic oxidation sites excluding steroid dienone is 2. The van der Waals surface area contributed by atoms with Gasteiger partial charge < -0.3 is 23.7 Å². The van der Waals surface area contributed by atoms with Crippen LogP contribution >= 0.6 is 0 Å². The molecule has 3 saturated carbocycles. The van der Waals surface area contributed by atoms with E-state index in [4.69, 9.17) is 23.7 Å². The summed E-state index contributed by atoms with van der Waals surface area (Å²) in [6.45, 7) is 12.4. The third-order valence-corrected chi connectivity index (χ3v) is 14.4. The van der Waals surface area contributed by atoms with Crippen molar-refractivity contribution >= 4 is 18.1 Å². The van der Waals surface area contributed by atoms with Gasteiger partial charge in [-0.2, -0.15) is 0 Å². The van der Waals surface area contributed by atoms with Gasteiger partial charge in [-0.3, -0.25) is 0 Å². The van der Waals surface area contributed by atoms with Crippen molar-refractivity contribution in [3.8, 4) is 23.0 Å². The first-order chi connectivity index (χ1) is 27.4. The first kappa shape index (κ1) is 40.6. The Kier molecular flexibility index (Phi) is 12.2. The predicted molar refractivity (Wildman–Crippen MR) is 220 cm³/mol. The van der Waals surface area contributed by atoms with Crippen LogP contribution < -0.4 is 18.9 Å². The Morgan fingerprint density at radius 1 is 0.649 bits per heavy atom. The van der Waals surface area contributed by atoms with Crippen molar-refractivity contribution in [2.45, 2.75) is 105 Å². The van der Waals surface area contributed by atoms with Crippen molar-refractivity contribution in [2.75, 3.05) is 7.11 Å². The zero-order valence-corrected chi connectivity index (χ0v) is 34.5. The molecule has 9 atom stereocenters. The van der Waals surface area contributed by atoms with Gasteiger partial charge in [-0.25, -0.2) is 14.4 Å². The molecule has 7 rings (SSSR count). The van der Waals surface area contributed by atoms with Crippen LogP contribution in [0.3, 0.4) is 0 Å². The van der Waals surface area contributed by atoms with Crippen LogP contribution in [0.5, 0.6) is 23.0 Å². The van der Waals surface area contributed by atoms with E-state index in [2.05, 4.69) is 46.8 Å². The summed E-state index contributed by atoms with van der Waals surface area (Å²) in [5.74, 6) is 5.35. The number of carbonyl (C=O) groups is 3. The Morgan fingerprint density at radius 2 is 1.19 bits per heavy atom. The maximum absolute atomic E-state index is 13.0. The fraction of sp³-hybridized carbons (Fsp3) is 0.531. The van der Waals surface area contributed by atoms with Crippen molar-refractivity contribution in [1.82, 2.24) is 0 Å². The molecule has 4 aliphatic carbocycles. The highest BCUT2D eigenvalue weighted by Gasteiger charge is 2.59. The molecule has 0 radical (unpaired) electrons. The first-order valence-electron chi connectivity index (χ1n) is 21.2. The van der Waals surface area contributed by atoms with Crippen LogP contribution in [0.15, 0.2) is 84.9 Å². The Hall–Kier alpha value is -4.59. The highest BCUT2D eigenvalue weighted by Crippen LogP contribution is 2.67. The molecule has 0 heterocycles. The van der Waals surface area contributed by atoms with Crippen LogP contribution in [-0.4, -0.2) is 31.3 Å². The van der Waals surface area contributed by atoms with Gasteiger partial charge in [-0.05, 0) is 170 Å². The maximum Gasteiger partial charge on any atom is 0.514 e. The van der Waals surface area contributed by atoms with Crippen LogP contribution in [0.1, 0.15) is 120 Å². The SMILES string of the molecule is COc1ccc(C(=O)Oc2ccc(OC(=O)c3ccc(OC(=O)OC4CC[C@]5(C)C(C=C[C@@H]6[C@H]7CC[C@@H](C(C)CCCC(C)C)[C@]7(C)CC[C@H]65)C4)cc3)cc2)cc1. The molecule has 8 nitrogen and oxygen atoms in total. The second-order valence-corrected chi connectivity index (χ2v) is 18.2. The lowest BCUT2D eigenvalue weighted by atomic mass is 9.46. The molecule has 3 unspecified atom stereocenters. The fourth-order valence-electron chi connectivity index (χ4n) is 11.3. The Bertz CT molecular complexity index is 1900. The Morgan fingerprint density at radius 3 is 1.79 bits per heavy atom. The van der Waals surface area contributed by atoms with Gasteiger partial charge >= 0.3 is 18.1 Å². The molecule has 4 aliphatic rings. The average molecular weight is 777 g/mol. The number of rotatable bonds is 12. The number of hydrogen-bond acceptors (Lipinski definition) is 8. The molecule has 3 aromatic rings. The van der Waals surface area contributed by atoms with Gasteiger partial charge in [0, 0.05) is 0 Å². The summed E-state index contributed by atoms with van der Waals surface area (Å²) in [4.78, 5) is 38.3. The number of benzene rings is 3. The first-order valence-corrected chi connectivity index (χ1v) is 21.2. The highest BCUT2D eigenvalue weighted by atomic mass is 16.7. The summed E-state index contributed by atoms with van der Waals surface area (Å²) >= 11 is 0. The minimum atomic E-state index is -0.725. The number of carbonyl (C=O) groups excluding carboxylic acids is 3. The van der Waals surface area contributed by atoms with Gasteiger partial charge in [0.25, 0.3) is 0 Å². The van der Waals surface area contributed by atoms with E-state index < -0.39 is 18.1 Å². The van der Waals surface area contributed by atoms with Crippen molar-refractivity contribution in [3.63, 3.8) is 0 Å². The minimum Gasteiger partial charge on any atom is -0.497 e. The second kappa shape index (κ2) is 17.1. The minimum absolute atomic E-state index is 0.195. The van der Waals surface area contributed by atoms with Gasteiger partial charge in [0.2, 0.25) is 0 Å². The number of ether oxygens (including phenoxy) is 5. The summed E-state index contributed by atoms with van der Waals surface area (Å²) < 4.78 is 27.5. The molecular formula is C49H60O8. The van der Waals surface area contributed by atoms with Gasteiger partial charge in [0.05, 0.1) is 18.2 Å². The van der Waals surface area contributed by atoms with E-state index in [1.54, 1.807) is 79.9 Å². The molecule has 304 valence electrons. The Labute approximate surface area is 338 Å². The summed E-state index contributed by atoms with van der Waals surface area (Å²) in [5, 5.41) is 0. The molecule has 0 amide bonds. The third-order valence-electron chi connectivity index (χ3n) is 14.4. The van der Waals surface area contributed by atoms with E-state index in [9.17, 15) is 14.4 Å². The molecule has 57 heavy (non-hydrogen) atoms. The molecule has 0 aromatic heterocycles. The molecule has 0 saturated heterocycles. The van der Waals surface area contributed by atoms with Crippen LogP contribution in [-0.2, 0) is 4.74 Å². The number of methoxy groups -OCH3 is 1. The summed E-state index contributed by atoms with van der Waals surface area (Å²) in [5.41, 5.74) is 1.33. The molecular weight excluding hydrogens is 717 g/mol. The molecule has 0 N–H and O–H groups in total. The summed E-state index contributed by atoms with van der Waals surface area (Å²) in [6, 6.07) is 19.0. The van der Waals surface area contributed by atoms with Gasteiger partial charge in [-0.15, -0.1) is 0 Å². The largest absolute Gasteiger partial charge is 0.514 e. The standard InChI is InChI=1S/C49H60O8/c1-31(2)8-7-9-32(3)42-24-25-43-41-23-14-35-30-40(26-28-48(35,4)44(41)27-29-49(42,43)5)57-47(52)56-39-17-12-34(13-18-39)46(51)55-38-21-19-37(20-22-38)54-45(50)33-10-15-36(53-6)16-11-33/h10-23,31-32,35,40-44H,7-9,24-30H2,1-6H3/t32?,35?,40?,41-,42+,43-,44-,48-,49+/m1/s1. The number of esters is 2. The van der Waals surface area contributed by atoms with Crippen LogP contribution in [0.25, 0.3) is 0 Å². The Balaban J connectivity index is 0.878. The molecule has 3 fully saturated rings. The second-order valence-electron chi connectivity index (χ2n) is 18.2. The zero-order valence-electron chi connectivity index (χ0n) is 34.5. The zero-order chi connectivity index (χ0) is 40.3. The van der Waals surface area contributed by atoms with Crippen molar-refractivity contribution in [1.29, 1.82) is 0 Å². The van der Waals surface area contributed by atoms with Gasteiger partial charge in [0.1, 0.15) is 29.1 Å². The number of fused-ring (bicyclic) bond motifs is 5. The van der Waals surface area contributed by atoms with Gasteiger partial charge in [0.15, 0.2) is 0 Å². The quantitative estimate of drug-likeness (QED) is 0.0776. The van der Waals surface area contributed by atoms with E-state index in [-0.39, 0.29) is 28.6 Å². The molecule has 3 aromatic carbocycles. The van der Waals surface area contributed by atoms with Crippen LogP contribution in [0.4, 0.5) is 4.79 Å². The third kappa shape index (κ3) is 8.80. The smallest absolute Gasteiger partial charge is 0.497 e. The molecule has 0 spiro atoms. The monoisotopic (exact) mass is 776 g/mol. The summed E-state index contributed by atoms with van der Waals surface area (Å²) in [7, 11) is 1.55. The predicted octanol–water partition coefficient (Wildman–Crippen LogP) is 11.9. The normalized spacial score (nSPS) is 29.3. The lowest BCUT2D eigenvalue weighted by molar-refractivity contribution is -0.0852. The van der Waals surface area contributed by atoms with Crippen molar-refractivity contribution in [2.24, 2.45) is 52.3 Å². The van der Waals surface area contributed by atoms with Crippen LogP contribution in [0, 0.1) is 52.3 Å². The number of hydrogen-bond donors (Lipinski definition) is 0. The molecule has 8 heteroatoms. The van der Waals surface area contributed by atoms with E-state index in [0.29, 0.717) is 40.2 Å². The van der Waals surface area contributed by atoms with Crippen molar-refractivity contribution < 1.29 is 38.1 Å². The van der Waals surface area contributed by atoms with E-state index in [0.717, 1.165) is 42.9 Å². The molecule has 0 aliphatic heterocycles. The highest BCUT2D eigenvalue weighted by molar-refractivity contribution is 5.92. The van der Waals surface area contributed by atoms with E-state index in [1.807, 2.05) is 0 Å². The van der Waals surface area contributed by atoms with E-state index >= 15 is 0 Å². The van der Waals surface area contributed by atoms with Crippen molar-refractivity contribution in [3.05, 3.63) is 96.1 Å². The molecule has 0 bridgehead atoms. The van der Waals surface area contributed by atoms with Gasteiger partial charge in [-0.1, -0.05) is 66.0 Å². The average Bonchev–Trinajstić information content (AvgIpc) is 3.56. The topological polar surface area (TPSA) is 97.4 Å². The lowest BCUT2D eigenvalue weighted by Crippen LogP contribution is -2.52. The fourth-order valence-corrected chi connectivity index (χ4v) is 11.3. The summed E-state index contributed by atoms with van der Waals surface area (Å²) in [6.07, 6.45) is 16.3.